The number of carbonyl (C=O) groups is 1. The van der Waals surface area contributed by atoms with Crippen LogP contribution in [0.3, 0.4) is 0 Å². The molecule has 82 valence electrons. The van der Waals surface area contributed by atoms with Crippen LogP contribution in [0.25, 0.3) is 0 Å². The van der Waals surface area contributed by atoms with E-state index < -0.39 is 12.8 Å². The molecule has 0 aliphatic carbocycles. The number of hydrogen-bond acceptors (Lipinski definition) is 2. The fourth-order valence-electron chi connectivity index (χ4n) is 1.12. The number of benzene rings is 1. The monoisotopic (exact) mass is 218 g/mol. The lowest BCUT2D eigenvalue weighted by atomic mass is 10.1. The SMILES string of the molecule is Cc1cccc(C=O)c1OCC(F)(F)F. The number of ether oxygens (including phenoxy) is 1. The molecule has 0 N–H and O–H groups in total. The number of alkyl halides is 3. The lowest BCUT2D eigenvalue weighted by molar-refractivity contribution is -0.153. The van der Waals surface area contributed by atoms with E-state index in [1.165, 1.54) is 6.07 Å². The van der Waals surface area contributed by atoms with Crippen molar-refractivity contribution in [3.8, 4) is 5.75 Å². The maximum Gasteiger partial charge on any atom is 0.422 e. The average molecular weight is 218 g/mol. The molecule has 2 nitrogen and oxygen atoms in total. The molecule has 0 spiro atoms. The molecule has 0 saturated carbocycles. The van der Waals surface area contributed by atoms with Gasteiger partial charge in [-0.25, -0.2) is 0 Å². The minimum Gasteiger partial charge on any atom is -0.483 e. The zero-order chi connectivity index (χ0) is 11.5. The topological polar surface area (TPSA) is 26.3 Å². The highest BCUT2D eigenvalue weighted by molar-refractivity contribution is 5.80. The van der Waals surface area contributed by atoms with Gasteiger partial charge in [-0.1, -0.05) is 12.1 Å². The van der Waals surface area contributed by atoms with Gasteiger partial charge in [-0.3, -0.25) is 4.79 Å². The third-order valence-electron chi connectivity index (χ3n) is 1.75. The maximum atomic E-state index is 11.9. The number of aldehydes is 1. The first-order chi connectivity index (χ1) is 6.94. The van der Waals surface area contributed by atoms with Crippen molar-refractivity contribution in [3.05, 3.63) is 29.3 Å². The smallest absolute Gasteiger partial charge is 0.422 e. The molecule has 1 aromatic rings. The molecule has 1 aromatic carbocycles. The van der Waals surface area contributed by atoms with Gasteiger partial charge in [0.15, 0.2) is 12.9 Å². The Bertz CT molecular complexity index is 358. The summed E-state index contributed by atoms with van der Waals surface area (Å²) in [6.07, 6.45) is -3.93. The van der Waals surface area contributed by atoms with Crippen molar-refractivity contribution in [1.29, 1.82) is 0 Å². The van der Waals surface area contributed by atoms with Crippen molar-refractivity contribution >= 4 is 6.29 Å². The van der Waals surface area contributed by atoms with Crippen molar-refractivity contribution in [3.63, 3.8) is 0 Å². The van der Waals surface area contributed by atoms with Crippen LogP contribution in [0.15, 0.2) is 18.2 Å². The number of halogens is 3. The van der Waals surface area contributed by atoms with Crippen LogP contribution in [0.5, 0.6) is 5.75 Å². The van der Waals surface area contributed by atoms with E-state index in [9.17, 15) is 18.0 Å². The largest absolute Gasteiger partial charge is 0.483 e. The summed E-state index contributed by atoms with van der Waals surface area (Å²) in [4.78, 5) is 10.5. The van der Waals surface area contributed by atoms with E-state index in [4.69, 9.17) is 0 Å². The quantitative estimate of drug-likeness (QED) is 0.729. The Labute approximate surface area is 84.7 Å². The first-order valence-electron chi connectivity index (χ1n) is 4.18. The van der Waals surface area contributed by atoms with Gasteiger partial charge in [0.1, 0.15) is 5.75 Å². The molecule has 0 atom stereocenters. The molecule has 0 saturated heterocycles. The van der Waals surface area contributed by atoms with Crippen LogP contribution in [0, 0.1) is 6.92 Å². The number of aryl methyl sites for hydroxylation is 1. The molecule has 0 aromatic heterocycles. The Balaban J connectivity index is 2.88. The van der Waals surface area contributed by atoms with E-state index in [2.05, 4.69) is 4.74 Å². The zero-order valence-electron chi connectivity index (χ0n) is 7.97. The fourth-order valence-corrected chi connectivity index (χ4v) is 1.12. The van der Waals surface area contributed by atoms with Crippen molar-refractivity contribution in [2.45, 2.75) is 13.1 Å². The van der Waals surface area contributed by atoms with E-state index in [1.807, 2.05) is 0 Å². The zero-order valence-corrected chi connectivity index (χ0v) is 7.97. The average Bonchev–Trinajstić information content (AvgIpc) is 2.14. The van der Waals surface area contributed by atoms with Gasteiger partial charge < -0.3 is 4.74 Å². The Hall–Kier alpha value is -1.52. The lowest BCUT2D eigenvalue weighted by Gasteiger charge is -2.12. The molecule has 0 bridgehead atoms. The summed E-state index contributed by atoms with van der Waals surface area (Å²) < 4.78 is 40.3. The summed E-state index contributed by atoms with van der Waals surface area (Å²) in [6, 6.07) is 4.57. The summed E-state index contributed by atoms with van der Waals surface area (Å²) in [7, 11) is 0. The second kappa shape index (κ2) is 4.33. The van der Waals surface area contributed by atoms with Gasteiger partial charge in [0, 0.05) is 0 Å². The molecule has 0 aliphatic heterocycles. The molecule has 15 heavy (non-hydrogen) atoms. The standard InChI is InChI=1S/C10H9F3O2/c1-7-3-2-4-8(5-14)9(7)15-6-10(11,12)13/h2-5H,6H2,1H3. The normalized spacial score (nSPS) is 11.2. The first kappa shape index (κ1) is 11.6. The fraction of sp³-hybridized carbons (Fsp3) is 0.300. The molecule has 0 unspecified atom stereocenters. The minimum absolute atomic E-state index is 0.00942. The van der Waals surface area contributed by atoms with Crippen molar-refractivity contribution in [2.24, 2.45) is 0 Å². The van der Waals surface area contributed by atoms with E-state index in [0.29, 0.717) is 11.8 Å². The van der Waals surface area contributed by atoms with Gasteiger partial charge in [0.05, 0.1) is 5.56 Å². The Morgan fingerprint density at radius 1 is 1.40 bits per heavy atom. The van der Waals surface area contributed by atoms with Gasteiger partial charge in [-0.05, 0) is 18.6 Å². The van der Waals surface area contributed by atoms with E-state index in [0.717, 1.165) is 0 Å². The highest BCUT2D eigenvalue weighted by Gasteiger charge is 2.29. The number of carbonyl (C=O) groups excluding carboxylic acids is 1. The lowest BCUT2D eigenvalue weighted by Crippen LogP contribution is -2.20. The summed E-state index contributed by atoms with van der Waals surface area (Å²) >= 11 is 0. The summed E-state index contributed by atoms with van der Waals surface area (Å²) in [5, 5.41) is 0. The van der Waals surface area contributed by atoms with Crippen LogP contribution in [0.2, 0.25) is 0 Å². The second-order valence-corrected chi connectivity index (χ2v) is 3.01. The molecule has 1 rings (SSSR count). The van der Waals surface area contributed by atoms with Crippen LogP contribution < -0.4 is 4.74 Å². The van der Waals surface area contributed by atoms with Gasteiger partial charge in [-0.2, -0.15) is 13.2 Å². The molecular weight excluding hydrogens is 209 g/mol. The van der Waals surface area contributed by atoms with Crippen LogP contribution in [0.4, 0.5) is 13.2 Å². The van der Waals surface area contributed by atoms with Crippen molar-refractivity contribution in [2.75, 3.05) is 6.61 Å². The minimum atomic E-state index is -4.40. The predicted octanol–water partition coefficient (Wildman–Crippen LogP) is 2.75. The summed E-state index contributed by atoms with van der Waals surface area (Å²) in [5.74, 6) is -0.00942. The highest BCUT2D eigenvalue weighted by atomic mass is 19.4. The molecular formula is C10H9F3O2. The first-order valence-corrected chi connectivity index (χ1v) is 4.18. The molecule has 0 heterocycles. The van der Waals surface area contributed by atoms with E-state index in [-0.39, 0.29) is 11.3 Å². The second-order valence-electron chi connectivity index (χ2n) is 3.01. The third kappa shape index (κ3) is 3.27. The van der Waals surface area contributed by atoms with Crippen molar-refractivity contribution < 1.29 is 22.7 Å². The van der Waals surface area contributed by atoms with Crippen LogP contribution in [-0.4, -0.2) is 19.1 Å². The Morgan fingerprint density at radius 3 is 2.60 bits per heavy atom. The Kier molecular flexibility index (Phi) is 3.34. The van der Waals surface area contributed by atoms with Gasteiger partial charge in [-0.15, -0.1) is 0 Å². The summed E-state index contributed by atoms with van der Waals surface area (Å²) in [5.41, 5.74) is 0.628. The molecule has 0 aliphatic rings. The molecule has 0 fully saturated rings. The number of hydrogen-bond donors (Lipinski definition) is 0. The van der Waals surface area contributed by atoms with E-state index >= 15 is 0 Å². The van der Waals surface area contributed by atoms with Crippen LogP contribution in [-0.2, 0) is 0 Å². The van der Waals surface area contributed by atoms with E-state index in [1.54, 1.807) is 19.1 Å². The van der Waals surface area contributed by atoms with Crippen molar-refractivity contribution in [1.82, 2.24) is 0 Å². The molecule has 0 amide bonds. The van der Waals surface area contributed by atoms with Crippen LogP contribution in [0.1, 0.15) is 15.9 Å². The van der Waals surface area contributed by atoms with Crippen LogP contribution >= 0.6 is 0 Å². The third-order valence-corrected chi connectivity index (χ3v) is 1.75. The predicted molar refractivity (Wildman–Crippen MR) is 48.1 cm³/mol. The highest BCUT2D eigenvalue weighted by Crippen LogP contribution is 2.24. The number of para-hydroxylation sites is 1. The Morgan fingerprint density at radius 2 is 2.07 bits per heavy atom. The van der Waals surface area contributed by atoms with Gasteiger partial charge in [0.25, 0.3) is 0 Å². The maximum absolute atomic E-state index is 11.9. The summed E-state index contributed by atoms with van der Waals surface area (Å²) in [6.45, 7) is 0.192. The molecule has 5 heteroatoms. The molecule has 0 radical (unpaired) electrons. The van der Waals surface area contributed by atoms with Gasteiger partial charge >= 0.3 is 6.18 Å². The van der Waals surface area contributed by atoms with Gasteiger partial charge in [0.2, 0.25) is 0 Å². The number of rotatable bonds is 3.